The first-order chi connectivity index (χ1) is 7.45. The van der Waals surface area contributed by atoms with Gasteiger partial charge in [-0.2, -0.15) is 0 Å². The molecule has 0 fully saturated rings. The fourth-order valence-electron chi connectivity index (χ4n) is 2.16. The van der Waals surface area contributed by atoms with Crippen LogP contribution >= 0.6 is 0 Å². The summed E-state index contributed by atoms with van der Waals surface area (Å²) in [6.45, 7) is 8.53. The van der Waals surface area contributed by atoms with E-state index >= 15 is 0 Å². The molecule has 0 amide bonds. The maximum absolute atomic E-state index is 6.18. The van der Waals surface area contributed by atoms with E-state index < -0.39 is 0 Å². The van der Waals surface area contributed by atoms with Gasteiger partial charge in [-0.25, -0.2) is 0 Å². The summed E-state index contributed by atoms with van der Waals surface area (Å²) in [4.78, 5) is 0. The molecule has 0 radical (unpaired) electrons. The number of nitrogens with two attached hydrogens (primary N) is 1. The number of hydrogen-bond donors (Lipinski definition) is 1. The van der Waals surface area contributed by atoms with Crippen LogP contribution in [0.1, 0.15) is 43.0 Å². The predicted octanol–water partition coefficient (Wildman–Crippen LogP) is 3.36. The second-order valence-electron chi connectivity index (χ2n) is 4.92. The Bertz CT molecular complexity index is 335. The molecule has 0 unspecified atom stereocenters. The van der Waals surface area contributed by atoms with Gasteiger partial charge in [-0.05, 0) is 42.9 Å². The van der Waals surface area contributed by atoms with Crippen LogP contribution in [0.5, 0.6) is 5.75 Å². The number of rotatable bonds is 4. The molecule has 2 heteroatoms. The molecule has 0 bridgehead atoms. The Morgan fingerprint density at radius 1 is 1.19 bits per heavy atom. The average molecular weight is 221 g/mol. The first kappa shape index (κ1) is 13.0. The van der Waals surface area contributed by atoms with Crippen LogP contribution in [0.4, 0.5) is 0 Å². The van der Waals surface area contributed by atoms with Crippen LogP contribution in [0.2, 0.25) is 0 Å². The van der Waals surface area contributed by atoms with Crippen LogP contribution in [0.25, 0.3) is 0 Å². The predicted molar refractivity (Wildman–Crippen MR) is 68.9 cm³/mol. The highest BCUT2D eigenvalue weighted by Gasteiger charge is 2.12. The zero-order valence-corrected chi connectivity index (χ0v) is 11.0. The summed E-state index contributed by atoms with van der Waals surface area (Å²) in [6.07, 6.45) is 1.02. The summed E-state index contributed by atoms with van der Waals surface area (Å²) in [5, 5.41) is 0. The van der Waals surface area contributed by atoms with Crippen LogP contribution in [0.3, 0.4) is 0 Å². The molecule has 0 spiro atoms. The van der Waals surface area contributed by atoms with Gasteiger partial charge >= 0.3 is 0 Å². The van der Waals surface area contributed by atoms with Gasteiger partial charge in [0.1, 0.15) is 5.75 Å². The monoisotopic (exact) mass is 221 g/mol. The minimum Gasteiger partial charge on any atom is -0.496 e. The molecular weight excluding hydrogens is 198 g/mol. The van der Waals surface area contributed by atoms with E-state index in [4.69, 9.17) is 10.5 Å². The maximum Gasteiger partial charge on any atom is 0.124 e. The van der Waals surface area contributed by atoms with Gasteiger partial charge in [0.15, 0.2) is 0 Å². The third kappa shape index (κ3) is 2.99. The minimum atomic E-state index is 0.128. The van der Waals surface area contributed by atoms with Gasteiger partial charge in [0.25, 0.3) is 0 Å². The quantitative estimate of drug-likeness (QED) is 0.846. The van der Waals surface area contributed by atoms with E-state index in [0.717, 1.165) is 23.3 Å². The zero-order chi connectivity index (χ0) is 12.3. The van der Waals surface area contributed by atoms with Gasteiger partial charge in [-0.1, -0.05) is 26.0 Å². The Morgan fingerprint density at radius 2 is 1.69 bits per heavy atom. The molecular formula is C14H23NO. The highest BCUT2D eigenvalue weighted by Crippen LogP contribution is 2.28. The van der Waals surface area contributed by atoms with Gasteiger partial charge in [0.05, 0.1) is 7.11 Å². The Morgan fingerprint density at radius 3 is 2.06 bits per heavy atom. The molecule has 2 nitrogen and oxygen atoms in total. The van der Waals surface area contributed by atoms with Crippen LogP contribution in [-0.2, 0) is 0 Å². The van der Waals surface area contributed by atoms with Crippen LogP contribution in [0, 0.1) is 19.8 Å². The maximum atomic E-state index is 6.18. The van der Waals surface area contributed by atoms with Crippen molar-refractivity contribution in [1.82, 2.24) is 0 Å². The highest BCUT2D eigenvalue weighted by molar-refractivity contribution is 5.44. The van der Waals surface area contributed by atoms with Crippen molar-refractivity contribution in [3.05, 3.63) is 28.8 Å². The Kier molecular flexibility index (Phi) is 4.36. The Hall–Kier alpha value is -1.02. The van der Waals surface area contributed by atoms with Crippen LogP contribution in [0.15, 0.2) is 12.1 Å². The van der Waals surface area contributed by atoms with Crippen molar-refractivity contribution in [1.29, 1.82) is 0 Å². The molecule has 0 saturated heterocycles. The van der Waals surface area contributed by atoms with E-state index in [0.29, 0.717) is 5.92 Å². The van der Waals surface area contributed by atoms with Crippen molar-refractivity contribution < 1.29 is 4.74 Å². The fraction of sp³-hybridized carbons (Fsp3) is 0.571. The lowest BCUT2D eigenvalue weighted by atomic mass is 9.95. The summed E-state index contributed by atoms with van der Waals surface area (Å²) < 4.78 is 5.35. The molecule has 0 saturated carbocycles. The van der Waals surface area contributed by atoms with Gasteiger partial charge < -0.3 is 10.5 Å². The summed E-state index contributed by atoms with van der Waals surface area (Å²) in [6, 6.07) is 4.40. The number of hydrogen-bond acceptors (Lipinski definition) is 2. The summed E-state index contributed by atoms with van der Waals surface area (Å²) in [5.74, 6) is 1.60. The molecule has 16 heavy (non-hydrogen) atoms. The highest BCUT2D eigenvalue weighted by atomic mass is 16.5. The molecule has 0 aliphatic rings. The third-order valence-corrected chi connectivity index (χ3v) is 2.84. The molecule has 1 aromatic carbocycles. The molecule has 0 aromatic heterocycles. The van der Waals surface area contributed by atoms with E-state index in [1.165, 1.54) is 5.56 Å². The summed E-state index contributed by atoms with van der Waals surface area (Å²) >= 11 is 0. The van der Waals surface area contributed by atoms with Crippen molar-refractivity contribution >= 4 is 0 Å². The number of ether oxygens (including phenoxy) is 1. The molecule has 0 aliphatic carbocycles. The Balaban J connectivity index is 2.99. The van der Waals surface area contributed by atoms with Crippen molar-refractivity contribution in [2.24, 2.45) is 11.7 Å². The van der Waals surface area contributed by atoms with E-state index in [1.54, 1.807) is 7.11 Å². The fourth-order valence-corrected chi connectivity index (χ4v) is 2.16. The van der Waals surface area contributed by atoms with Crippen LogP contribution in [-0.4, -0.2) is 7.11 Å². The number of benzene rings is 1. The summed E-state index contributed by atoms with van der Waals surface area (Å²) in [5.41, 5.74) is 9.72. The second-order valence-corrected chi connectivity index (χ2v) is 4.92. The largest absolute Gasteiger partial charge is 0.496 e. The average Bonchev–Trinajstić information content (AvgIpc) is 2.16. The zero-order valence-electron chi connectivity index (χ0n) is 11.0. The molecule has 90 valence electrons. The van der Waals surface area contributed by atoms with Gasteiger partial charge in [-0.3, -0.25) is 0 Å². The van der Waals surface area contributed by atoms with E-state index in [2.05, 4.69) is 39.8 Å². The summed E-state index contributed by atoms with van der Waals surface area (Å²) in [7, 11) is 1.71. The lowest BCUT2D eigenvalue weighted by Crippen LogP contribution is -2.13. The van der Waals surface area contributed by atoms with Gasteiger partial charge in [0.2, 0.25) is 0 Å². The second kappa shape index (κ2) is 5.35. The SMILES string of the molecule is COc1c(C)cc([C@H](N)CC(C)C)cc1C. The van der Waals surface area contributed by atoms with Crippen molar-refractivity contribution in [2.45, 2.75) is 40.2 Å². The van der Waals surface area contributed by atoms with Crippen molar-refractivity contribution in [3.63, 3.8) is 0 Å². The molecule has 0 heterocycles. The molecule has 2 N–H and O–H groups in total. The van der Waals surface area contributed by atoms with Gasteiger partial charge in [0, 0.05) is 6.04 Å². The van der Waals surface area contributed by atoms with E-state index in [1.807, 2.05) is 0 Å². The van der Waals surface area contributed by atoms with E-state index in [-0.39, 0.29) is 6.04 Å². The molecule has 1 aromatic rings. The topological polar surface area (TPSA) is 35.2 Å². The van der Waals surface area contributed by atoms with Crippen LogP contribution < -0.4 is 10.5 Å². The minimum absolute atomic E-state index is 0.128. The van der Waals surface area contributed by atoms with Gasteiger partial charge in [-0.15, -0.1) is 0 Å². The first-order valence-electron chi connectivity index (χ1n) is 5.86. The third-order valence-electron chi connectivity index (χ3n) is 2.84. The number of aryl methyl sites for hydroxylation is 2. The standard InChI is InChI=1S/C14H23NO/c1-9(2)6-13(15)12-7-10(3)14(16-5)11(4)8-12/h7-9,13H,6,15H2,1-5H3/t13-/m1/s1. The molecule has 1 atom stereocenters. The normalized spacial score (nSPS) is 12.9. The van der Waals surface area contributed by atoms with E-state index in [9.17, 15) is 0 Å². The molecule has 1 rings (SSSR count). The first-order valence-corrected chi connectivity index (χ1v) is 5.86. The Labute approximate surface area is 98.8 Å². The lowest BCUT2D eigenvalue weighted by Gasteiger charge is -2.17. The van der Waals surface area contributed by atoms with Crippen molar-refractivity contribution in [3.8, 4) is 5.75 Å². The smallest absolute Gasteiger partial charge is 0.124 e. The molecule has 0 aliphatic heterocycles. The van der Waals surface area contributed by atoms with Crippen molar-refractivity contribution in [2.75, 3.05) is 7.11 Å². The lowest BCUT2D eigenvalue weighted by molar-refractivity contribution is 0.408. The number of methoxy groups -OCH3 is 1.